The van der Waals surface area contributed by atoms with Crippen LogP contribution in [0.25, 0.3) is 0 Å². The standard InChI is InChI=1S/C14H10Cl2N2O6S/c1-25(22,23)17-14(19)10-7-9(3-4-12(10)18(20)21)24-13-5-2-8(15)6-11(13)16/h2-7H,1H3,(H,17,19). The van der Waals surface area contributed by atoms with E-state index in [2.05, 4.69) is 0 Å². The zero-order valence-electron chi connectivity index (χ0n) is 12.5. The van der Waals surface area contributed by atoms with Gasteiger partial charge in [0.1, 0.15) is 17.1 Å². The van der Waals surface area contributed by atoms with Crippen LogP contribution >= 0.6 is 23.2 Å². The maximum absolute atomic E-state index is 12.0. The largest absolute Gasteiger partial charge is 0.456 e. The van der Waals surface area contributed by atoms with Crippen molar-refractivity contribution in [3.63, 3.8) is 0 Å². The summed E-state index contributed by atoms with van der Waals surface area (Å²) >= 11 is 11.8. The van der Waals surface area contributed by atoms with Crippen molar-refractivity contribution in [1.82, 2.24) is 4.72 Å². The van der Waals surface area contributed by atoms with Crippen molar-refractivity contribution in [3.05, 3.63) is 62.1 Å². The van der Waals surface area contributed by atoms with E-state index in [-0.39, 0.29) is 16.5 Å². The Balaban J connectivity index is 2.43. The molecule has 1 amide bonds. The van der Waals surface area contributed by atoms with Crippen LogP contribution < -0.4 is 9.46 Å². The molecule has 25 heavy (non-hydrogen) atoms. The number of nitrogens with one attached hydrogen (secondary N) is 1. The number of benzene rings is 2. The van der Waals surface area contributed by atoms with Crippen LogP contribution in [0.1, 0.15) is 10.4 Å². The highest BCUT2D eigenvalue weighted by Gasteiger charge is 2.23. The average molecular weight is 405 g/mol. The van der Waals surface area contributed by atoms with E-state index in [0.717, 1.165) is 18.4 Å². The van der Waals surface area contributed by atoms with Gasteiger partial charge in [-0.25, -0.2) is 13.1 Å². The van der Waals surface area contributed by atoms with Gasteiger partial charge in [0.05, 0.1) is 16.2 Å². The van der Waals surface area contributed by atoms with E-state index in [1.165, 1.54) is 24.3 Å². The summed E-state index contributed by atoms with van der Waals surface area (Å²) in [5.74, 6) is -0.898. The molecule has 0 unspecified atom stereocenters. The van der Waals surface area contributed by atoms with Crippen molar-refractivity contribution in [2.45, 2.75) is 0 Å². The molecule has 132 valence electrons. The van der Waals surface area contributed by atoms with E-state index in [0.29, 0.717) is 5.02 Å². The lowest BCUT2D eigenvalue weighted by Crippen LogP contribution is -2.29. The molecular weight excluding hydrogens is 395 g/mol. The smallest absolute Gasteiger partial charge is 0.282 e. The first-order valence-electron chi connectivity index (χ1n) is 6.50. The number of rotatable bonds is 5. The Hall–Kier alpha value is -2.36. The minimum absolute atomic E-state index is 0.0495. The molecule has 0 aliphatic heterocycles. The number of hydrogen-bond donors (Lipinski definition) is 1. The minimum Gasteiger partial charge on any atom is -0.456 e. The number of amides is 1. The highest BCUT2D eigenvalue weighted by Crippen LogP contribution is 2.33. The molecule has 1 N–H and O–H groups in total. The molecule has 8 nitrogen and oxygen atoms in total. The van der Waals surface area contributed by atoms with Gasteiger partial charge in [0.15, 0.2) is 0 Å². The predicted octanol–water partition coefficient (Wildman–Crippen LogP) is 3.38. The third-order valence-electron chi connectivity index (χ3n) is 2.81. The predicted molar refractivity (Wildman–Crippen MR) is 91.9 cm³/mol. The number of carbonyl (C=O) groups is 1. The summed E-state index contributed by atoms with van der Waals surface area (Å²) in [5, 5.41) is 11.6. The lowest BCUT2D eigenvalue weighted by Gasteiger charge is -2.10. The normalized spacial score (nSPS) is 11.0. The summed E-state index contributed by atoms with van der Waals surface area (Å²) in [4.78, 5) is 22.3. The Bertz CT molecular complexity index is 962. The van der Waals surface area contributed by atoms with Gasteiger partial charge < -0.3 is 4.74 Å². The van der Waals surface area contributed by atoms with E-state index in [1.807, 2.05) is 0 Å². The van der Waals surface area contributed by atoms with Gasteiger partial charge in [-0.1, -0.05) is 23.2 Å². The van der Waals surface area contributed by atoms with Crippen LogP contribution in [0.15, 0.2) is 36.4 Å². The molecule has 0 fully saturated rings. The molecule has 2 aromatic carbocycles. The Morgan fingerprint density at radius 1 is 1.20 bits per heavy atom. The summed E-state index contributed by atoms with van der Waals surface area (Å²) in [7, 11) is -3.90. The second-order valence-electron chi connectivity index (χ2n) is 4.82. The number of nitrogens with zero attached hydrogens (tertiary/aromatic N) is 1. The van der Waals surface area contributed by atoms with Crippen LogP contribution in [-0.2, 0) is 10.0 Å². The maximum atomic E-state index is 12.0. The van der Waals surface area contributed by atoms with Crippen LogP contribution in [0, 0.1) is 10.1 Å². The Kier molecular flexibility index (Phi) is 5.51. The zero-order valence-corrected chi connectivity index (χ0v) is 14.9. The summed E-state index contributed by atoms with van der Waals surface area (Å²) in [6.07, 6.45) is 0.755. The fourth-order valence-corrected chi connectivity index (χ4v) is 2.72. The van der Waals surface area contributed by atoms with E-state index in [4.69, 9.17) is 27.9 Å². The second-order valence-corrected chi connectivity index (χ2v) is 7.41. The second kappa shape index (κ2) is 7.26. The quantitative estimate of drug-likeness (QED) is 0.602. The molecule has 11 heteroatoms. The monoisotopic (exact) mass is 404 g/mol. The summed E-state index contributed by atoms with van der Waals surface area (Å²) in [5.41, 5.74) is -1.05. The number of ether oxygens (including phenoxy) is 1. The lowest BCUT2D eigenvalue weighted by molar-refractivity contribution is -0.385. The molecule has 2 rings (SSSR count). The zero-order chi connectivity index (χ0) is 18.8. The number of halogens is 2. The van der Waals surface area contributed by atoms with Crippen LogP contribution in [0.2, 0.25) is 10.0 Å². The molecule has 0 saturated heterocycles. The molecular formula is C14H10Cl2N2O6S. The number of hydrogen-bond acceptors (Lipinski definition) is 6. The van der Waals surface area contributed by atoms with Crippen molar-refractivity contribution < 1.29 is 22.9 Å². The minimum atomic E-state index is -3.90. The summed E-state index contributed by atoms with van der Waals surface area (Å²) in [6, 6.07) is 7.75. The van der Waals surface area contributed by atoms with E-state index in [1.54, 1.807) is 4.72 Å². The molecule has 2 aromatic rings. The fourth-order valence-electron chi connectivity index (χ4n) is 1.83. The van der Waals surface area contributed by atoms with E-state index in [9.17, 15) is 23.3 Å². The van der Waals surface area contributed by atoms with Gasteiger partial charge >= 0.3 is 0 Å². The van der Waals surface area contributed by atoms with Crippen molar-refractivity contribution in [2.75, 3.05) is 6.26 Å². The highest BCUT2D eigenvalue weighted by atomic mass is 35.5. The summed E-state index contributed by atoms with van der Waals surface area (Å²) in [6.45, 7) is 0. The van der Waals surface area contributed by atoms with Gasteiger partial charge in [-0.05, 0) is 24.3 Å². The number of sulfonamides is 1. The first-order chi connectivity index (χ1) is 11.6. The Labute approximate surface area is 152 Å². The molecule has 0 radical (unpaired) electrons. The first kappa shape index (κ1) is 19.0. The average Bonchev–Trinajstić information content (AvgIpc) is 2.48. The number of nitro benzene ring substituents is 1. The van der Waals surface area contributed by atoms with Gasteiger partial charge in [0.2, 0.25) is 10.0 Å². The van der Waals surface area contributed by atoms with Crippen molar-refractivity contribution in [1.29, 1.82) is 0 Å². The first-order valence-corrected chi connectivity index (χ1v) is 9.15. The molecule has 0 aliphatic rings. The third-order valence-corrected chi connectivity index (χ3v) is 3.90. The van der Waals surface area contributed by atoms with Gasteiger partial charge in [-0.3, -0.25) is 14.9 Å². The van der Waals surface area contributed by atoms with Crippen LogP contribution in [0.4, 0.5) is 5.69 Å². The fraction of sp³-hybridized carbons (Fsp3) is 0.0714. The van der Waals surface area contributed by atoms with Crippen molar-refractivity contribution in [3.8, 4) is 11.5 Å². The van der Waals surface area contributed by atoms with Gasteiger partial charge in [-0.2, -0.15) is 0 Å². The molecule has 0 spiro atoms. The van der Waals surface area contributed by atoms with Crippen molar-refractivity contribution >= 4 is 44.8 Å². The van der Waals surface area contributed by atoms with E-state index >= 15 is 0 Å². The van der Waals surface area contributed by atoms with Crippen LogP contribution in [-0.4, -0.2) is 25.5 Å². The van der Waals surface area contributed by atoms with Crippen LogP contribution in [0.3, 0.4) is 0 Å². The maximum Gasteiger partial charge on any atom is 0.282 e. The summed E-state index contributed by atoms with van der Waals surface area (Å²) < 4.78 is 29.5. The Morgan fingerprint density at radius 3 is 2.44 bits per heavy atom. The topological polar surface area (TPSA) is 116 Å². The van der Waals surface area contributed by atoms with Crippen LogP contribution in [0.5, 0.6) is 11.5 Å². The molecule has 0 bridgehead atoms. The molecule has 0 saturated carbocycles. The van der Waals surface area contributed by atoms with Gasteiger partial charge in [0, 0.05) is 17.2 Å². The lowest BCUT2D eigenvalue weighted by atomic mass is 10.1. The number of nitro groups is 1. The highest BCUT2D eigenvalue weighted by molar-refractivity contribution is 7.89. The number of carbonyl (C=O) groups excluding carboxylic acids is 1. The third kappa shape index (κ3) is 5.05. The van der Waals surface area contributed by atoms with Gasteiger partial charge in [-0.15, -0.1) is 0 Å². The van der Waals surface area contributed by atoms with E-state index < -0.39 is 32.1 Å². The van der Waals surface area contributed by atoms with Crippen molar-refractivity contribution in [2.24, 2.45) is 0 Å². The molecule has 0 aliphatic carbocycles. The SMILES string of the molecule is CS(=O)(=O)NC(=O)c1cc(Oc2ccc(Cl)cc2Cl)ccc1[N+](=O)[O-]. The molecule has 0 aromatic heterocycles. The Morgan fingerprint density at radius 2 is 1.88 bits per heavy atom. The van der Waals surface area contributed by atoms with Gasteiger partial charge in [0.25, 0.3) is 11.6 Å². The molecule has 0 heterocycles. The molecule has 0 atom stereocenters.